The molecular formula is C3H4N3O2S. The Bertz CT molecular complexity index is 274. The van der Waals surface area contributed by atoms with Crippen molar-refractivity contribution in [1.82, 2.24) is 14.2 Å². The van der Waals surface area contributed by atoms with Crippen molar-refractivity contribution >= 4 is 10.0 Å². The van der Waals surface area contributed by atoms with Gasteiger partial charge in [0.15, 0.2) is 0 Å². The molecule has 49 valence electrons. The van der Waals surface area contributed by atoms with E-state index in [-0.39, 0.29) is 0 Å². The second-order valence-corrected chi connectivity index (χ2v) is 3.35. The van der Waals surface area contributed by atoms with Crippen LogP contribution in [0.25, 0.3) is 0 Å². The molecule has 1 aromatic rings. The van der Waals surface area contributed by atoms with E-state index < -0.39 is 10.0 Å². The zero-order valence-electron chi connectivity index (χ0n) is 4.64. The summed E-state index contributed by atoms with van der Waals surface area (Å²) >= 11 is 0. The summed E-state index contributed by atoms with van der Waals surface area (Å²) in [4.78, 5) is 0. The molecule has 0 bridgehead atoms. The number of hydrogen-bond acceptors (Lipinski definition) is 4. The largest absolute Gasteiger partial charge is 0.238 e. The molecule has 0 saturated carbocycles. The van der Waals surface area contributed by atoms with Crippen LogP contribution in [0.2, 0.25) is 0 Å². The average Bonchev–Trinajstić information content (AvgIpc) is 2.08. The molecule has 0 atom stereocenters. The Morgan fingerprint density at radius 3 is 2.56 bits per heavy atom. The molecule has 0 fully saturated rings. The van der Waals surface area contributed by atoms with Gasteiger partial charge < -0.3 is 0 Å². The van der Waals surface area contributed by atoms with Crippen LogP contribution < -0.4 is 0 Å². The van der Waals surface area contributed by atoms with E-state index in [1.807, 2.05) is 0 Å². The molecule has 0 N–H and O–H groups in total. The second kappa shape index (κ2) is 1.80. The quantitative estimate of drug-likeness (QED) is 0.503. The van der Waals surface area contributed by atoms with Gasteiger partial charge in [-0.25, -0.2) is 12.4 Å². The van der Waals surface area contributed by atoms with Gasteiger partial charge in [-0.15, -0.1) is 10.2 Å². The van der Waals surface area contributed by atoms with Crippen LogP contribution in [0.15, 0.2) is 6.33 Å². The summed E-state index contributed by atoms with van der Waals surface area (Å²) in [6, 6.07) is 0. The van der Waals surface area contributed by atoms with Crippen LogP contribution in [0.3, 0.4) is 0 Å². The minimum absolute atomic E-state index is 0.812. The Labute approximate surface area is 52.4 Å². The molecule has 0 aliphatic rings. The zero-order valence-corrected chi connectivity index (χ0v) is 5.46. The summed E-state index contributed by atoms with van der Waals surface area (Å²) in [5, 5.41) is 6.46. The monoisotopic (exact) mass is 146 g/mol. The Balaban J connectivity index is 3.20. The molecule has 0 spiro atoms. The molecule has 5 nitrogen and oxygen atoms in total. The maximum atomic E-state index is 10.5. The van der Waals surface area contributed by atoms with Gasteiger partial charge in [0.05, 0.1) is 6.26 Å². The van der Waals surface area contributed by atoms with Gasteiger partial charge in [0.2, 0.25) is 16.4 Å². The van der Waals surface area contributed by atoms with Gasteiger partial charge >= 0.3 is 0 Å². The third-order valence-electron chi connectivity index (χ3n) is 0.715. The van der Waals surface area contributed by atoms with Gasteiger partial charge in [-0.1, -0.05) is 0 Å². The minimum Gasteiger partial charge on any atom is -0.206 e. The highest BCUT2D eigenvalue weighted by atomic mass is 32.2. The first-order valence-electron chi connectivity index (χ1n) is 2.09. The lowest BCUT2D eigenvalue weighted by atomic mass is 11.3. The standard InChI is InChI=1S/C3H4N3O2S/c1-9(7,8)6-2-4-5-3-6/h2H,1H3. The summed E-state index contributed by atoms with van der Waals surface area (Å²) in [6.07, 6.45) is 4.27. The van der Waals surface area contributed by atoms with Crippen LogP contribution >= 0.6 is 0 Å². The van der Waals surface area contributed by atoms with Gasteiger partial charge in [-0.2, -0.15) is 0 Å². The molecule has 0 saturated heterocycles. The van der Waals surface area contributed by atoms with Crippen molar-refractivity contribution in [2.24, 2.45) is 0 Å². The smallest absolute Gasteiger partial charge is 0.206 e. The Morgan fingerprint density at radius 1 is 1.67 bits per heavy atom. The summed E-state index contributed by atoms with van der Waals surface area (Å²) in [6.45, 7) is 0. The Morgan fingerprint density at radius 2 is 2.33 bits per heavy atom. The normalized spacial score (nSPS) is 11.7. The summed E-state index contributed by atoms with van der Waals surface area (Å²) in [5.41, 5.74) is 0. The number of rotatable bonds is 1. The fourth-order valence-electron chi connectivity index (χ4n) is 0.328. The van der Waals surface area contributed by atoms with Crippen molar-refractivity contribution in [3.63, 3.8) is 0 Å². The molecule has 0 aromatic carbocycles. The van der Waals surface area contributed by atoms with Crippen LogP contribution in [-0.2, 0) is 10.0 Å². The number of aromatic nitrogens is 3. The molecule has 6 heteroatoms. The lowest BCUT2D eigenvalue weighted by molar-refractivity contribution is 0.593. The molecule has 9 heavy (non-hydrogen) atoms. The van der Waals surface area contributed by atoms with E-state index in [1.165, 1.54) is 0 Å². The zero-order chi connectivity index (χ0) is 6.91. The van der Waals surface area contributed by atoms with Crippen LogP contribution in [-0.4, -0.2) is 28.8 Å². The molecule has 0 amide bonds. The highest BCUT2D eigenvalue weighted by Crippen LogP contribution is 1.86. The number of hydrogen-bond donors (Lipinski definition) is 0. The maximum Gasteiger partial charge on any atom is 0.238 e. The van der Waals surface area contributed by atoms with Gasteiger partial charge in [-0.3, -0.25) is 0 Å². The predicted octanol–water partition coefficient (Wildman–Crippen LogP) is -1.11. The van der Waals surface area contributed by atoms with E-state index in [1.54, 1.807) is 0 Å². The fourth-order valence-corrected chi connectivity index (χ4v) is 0.726. The van der Waals surface area contributed by atoms with Gasteiger partial charge in [0, 0.05) is 0 Å². The highest BCUT2D eigenvalue weighted by Gasteiger charge is 2.02. The van der Waals surface area contributed by atoms with E-state index in [9.17, 15) is 8.42 Å². The van der Waals surface area contributed by atoms with E-state index in [0.29, 0.717) is 0 Å². The fraction of sp³-hybridized carbons (Fsp3) is 0.333. The van der Waals surface area contributed by atoms with E-state index in [2.05, 4.69) is 16.5 Å². The SMILES string of the molecule is CS(=O)(=O)n1[c]nnc1. The first-order valence-corrected chi connectivity index (χ1v) is 3.94. The topological polar surface area (TPSA) is 64.8 Å². The first kappa shape index (κ1) is 6.21. The third-order valence-corrected chi connectivity index (χ3v) is 1.61. The first-order chi connectivity index (χ1) is 4.11. The highest BCUT2D eigenvalue weighted by molar-refractivity contribution is 7.89. The van der Waals surface area contributed by atoms with Gasteiger partial charge in [-0.05, 0) is 0 Å². The van der Waals surface area contributed by atoms with Crippen molar-refractivity contribution in [2.45, 2.75) is 0 Å². The molecule has 1 aromatic heterocycles. The molecule has 0 aliphatic carbocycles. The van der Waals surface area contributed by atoms with Crippen molar-refractivity contribution < 1.29 is 8.42 Å². The van der Waals surface area contributed by atoms with Crippen molar-refractivity contribution in [3.8, 4) is 0 Å². The molecule has 1 heterocycles. The number of nitrogens with zero attached hydrogens (tertiary/aromatic N) is 3. The third kappa shape index (κ3) is 1.26. The van der Waals surface area contributed by atoms with Crippen LogP contribution in [0, 0.1) is 6.33 Å². The van der Waals surface area contributed by atoms with E-state index in [4.69, 9.17) is 0 Å². The van der Waals surface area contributed by atoms with Crippen LogP contribution in [0.4, 0.5) is 0 Å². The van der Waals surface area contributed by atoms with Gasteiger partial charge in [0.1, 0.15) is 6.33 Å². The van der Waals surface area contributed by atoms with Crippen molar-refractivity contribution in [2.75, 3.05) is 6.26 Å². The maximum absolute atomic E-state index is 10.5. The second-order valence-electron chi connectivity index (χ2n) is 1.49. The Hall–Kier alpha value is -0.910. The summed E-state index contributed by atoms with van der Waals surface area (Å²) in [5.74, 6) is 0. The van der Waals surface area contributed by atoms with Crippen LogP contribution in [0.5, 0.6) is 0 Å². The van der Waals surface area contributed by atoms with Gasteiger partial charge in [0.25, 0.3) is 0 Å². The van der Waals surface area contributed by atoms with E-state index >= 15 is 0 Å². The van der Waals surface area contributed by atoms with Crippen molar-refractivity contribution in [1.29, 1.82) is 0 Å². The summed E-state index contributed by atoms with van der Waals surface area (Å²) < 4.78 is 21.9. The molecule has 1 rings (SSSR count). The molecule has 1 radical (unpaired) electrons. The predicted molar refractivity (Wildman–Crippen MR) is 29.1 cm³/mol. The minimum atomic E-state index is -3.22. The summed E-state index contributed by atoms with van der Waals surface area (Å²) in [7, 11) is -3.22. The lowest BCUT2D eigenvalue weighted by Gasteiger charge is -1.90. The molecule has 0 unspecified atom stereocenters. The van der Waals surface area contributed by atoms with Crippen molar-refractivity contribution in [3.05, 3.63) is 12.7 Å². The lowest BCUT2D eigenvalue weighted by Crippen LogP contribution is -2.07. The Kier molecular flexibility index (Phi) is 1.24. The average molecular weight is 146 g/mol. The van der Waals surface area contributed by atoms with Crippen LogP contribution in [0.1, 0.15) is 0 Å². The molecular weight excluding hydrogens is 142 g/mol. The van der Waals surface area contributed by atoms with E-state index in [0.717, 1.165) is 16.6 Å². The molecule has 0 aliphatic heterocycles.